The van der Waals surface area contributed by atoms with Gasteiger partial charge in [-0.25, -0.2) is 13.1 Å². The Hall–Kier alpha value is -1.74. The average Bonchev–Trinajstić information content (AvgIpc) is 3.18. The molecule has 1 aliphatic rings. The quantitative estimate of drug-likeness (QED) is 0.753. The van der Waals surface area contributed by atoms with Crippen LogP contribution in [0.1, 0.15) is 55.8 Å². The van der Waals surface area contributed by atoms with Crippen LogP contribution in [0.15, 0.2) is 41.6 Å². The Morgan fingerprint density at radius 1 is 1.22 bits per heavy atom. The molecule has 0 bridgehead atoms. The molecule has 1 unspecified atom stereocenters. The van der Waals surface area contributed by atoms with Crippen LogP contribution >= 0.6 is 0 Å². The molecule has 7 nitrogen and oxygen atoms in total. The summed E-state index contributed by atoms with van der Waals surface area (Å²) in [4.78, 5) is 0.163. The number of nitrogens with two attached hydrogens (primary N) is 1. The van der Waals surface area contributed by atoms with E-state index in [1.807, 2.05) is 24.3 Å². The number of rotatable bonds is 7. The van der Waals surface area contributed by atoms with E-state index in [9.17, 15) is 8.42 Å². The summed E-state index contributed by atoms with van der Waals surface area (Å²) in [6.45, 7) is 5.74. The lowest BCUT2D eigenvalue weighted by Gasteiger charge is -2.22. The minimum atomic E-state index is -3.65. The topological polar surface area (TPSA) is 99.2 Å². The smallest absolute Gasteiger partial charge is 0.243 e. The molecule has 1 aliphatic heterocycles. The van der Waals surface area contributed by atoms with Crippen molar-refractivity contribution >= 4 is 10.0 Å². The van der Waals surface area contributed by atoms with Gasteiger partial charge in [-0.15, -0.1) is 0 Å². The van der Waals surface area contributed by atoms with Crippen molar-refractivity contribution in [1.82, 2.24) is 14.5 Å². The minimum Gasteiger partial charge on any atom is -0.381 e. The van der Waals surface area contributed by atoms with Gasteiger partial charge in [0.15, 0.2) is 0 Å². The number of nitrogens with one attached hydrogen (secondary N) is 1. The van der Waals surface area contributed by atoms with Crippen molar-refractivity contribution in [3.63, 3.8) is 0 Å². The fourth-order valence-corrected chi connectivity index (χ4v) is 4.14. The largest absolute Gasteiger partial charge is 0.381 e. The molecule has 0 amide bonds. The molecular weight excluding hydrogens is 364 g/mol. The summed E-state index contributed by atoms with van der Waals surface area (Å²) in [6.07, 6.45) is 4.65. The molecule has 2 aromatic rings. The first-order valence-electron chi connectivity index (χ1n) is 9.34. The standard InChI is InChI=1S/C19H28N4O3S/c1-14(2)15-3-5-16(6-4-15)19(20)12-22-27(24,25)18-11-21-23(13-18)17-7-9-26-10-8-17/h3-6,11,13-14,17,19,22H,7-10,12,20H2,1-2H3. The minimum absolute atomic E-state index is 0.131. The van der Waals surface area contributed by atoms with Crippen molar-refractivity contribution in [3.8, 4) is 0 Å². The predicted molar refractivity (Wildman–Crippen MR) is 104 cm³/mol. The van der Waals surface area contributed by atoms with Gasteiger partial charge in [0.25, 0.3) is 0 Å². The molecule has 3 N–H and O–H groups in total. The molecule has 148 valence electrons. The van der Waals surface area contributed by atoms with E-state index in [0.717, 1.165) is 18.4 Å². The molecule has 1 atom stereocenters. The summed E-state index contributed by atoms with van der Waals surface area (Å²) in [5.41, 5.74) is 8.30. The molecular formula is C19H28N4O3S. The fraction of sp³-hybridized carbons (Fsp3) is 0.526. The Kier molecular flexibility index (Phi) is 6.31. The first kappa shape index (κ1) is 20.0. The average molecular weight is 393 g/mol. The van der Waals surface area contributed by atoms with Crippen molar-refractivity contribution in [2.24, 2.45) is 5.73 Å². The van der Waals surface area contributed by atoms with Crippen molar-refractivity contribution in [1.29, 1.82) is 0 Å². The third-order valence-corrected chi connectivity index (χ3v) is 6.36. The van der Waals surface area contributed by atoms with Gasteiger partial charge in [-0.2, -0.15) is 5.10 Å². The molecule has 8 heteroatoms. The second kappa shape index (κ2) is 8.52. The lowest BCUT2D eigenvalue weighted by molar-refractivity contribution is 0.0662. The van der Waals surface area contributed by atoms with E-state index in [-0.39, 0.29) is 17.5 Å². The molecule has 0 spiro atoms. The number of hydrogen-bond donors (Lipinski definition) is 2. The van der Waals surface area contributed by atoms with Gasteiger partial charge < -0.3 is 10.5 Å². The highest BCUT2D eigenvalue weighted by Gasteiger charge is 2.22. The van der Waals surface area contributed by atoms with Crippen LogP contribution < -0.4 is 10.5 Å². The summed E-state index contributed by atoms with van der Waals surface area (Å²) in [6, 6.07) is 7.75. The van der Waals surface area contributed by atoms with Crippen LogP contribution in [0.5, 0.6) is 0 Å². The van der Waals surface area contributed by atoms with Crippen LogP contribution in [-0.2, 0) is 14.8 Å². The SMILES string of the molecule is CC(C)c1ccc(C(N)CNS(=O)(=O)c2cnn(C3CCOCC3)c2)cc1. The third-order valence-electron chi connectivity index (χ3n) is 4.98. The number of aromatic nitrogens is 2. The fourth-order valence-electron chi connectivity index (χ4n) is 3.14. The maximum atomic E-state index is 12.6. The number of hydrogen-bond acceptors (Lipinski definition) is 5. The zero-order valence-corrected chi connectivity index (χ0v) is 16.7. The molecule has 0 saturated carbocycles. The summed E-state index contributed by atoms with van der Waals surface area (Å²) in [5.74, 6) is 0.445. The molecule has 0 radical (unpaired) electrons. The Morgan fingerprint density at radius 2 is 1.85 bits per heavy atom. The number of nitrogens with zero attached hydrogens (tertiary/aromatic N) is 2. The first-order chi connectivity index (χ1) is 12.9. The molecule has 2 heterocycles. The summed E-state index contributed by atoms with van der Waals surface area (Å²) < 4.78 is 34.8. The van der Waals surface area contributed by atoms with Crippen molar-refractivity contribution in [2.45, 2.75) is 49.6 Å². The van der Waals surface area contributed by atoms with Gasteiger partial charge in [0.2, 0.25) is 10.0 Å². The third kappa shape index (κ3) is 4.95. The van der Waals surface area contributed by atoms with Crippen LogP contribution in [0, 0.1) is 0 Å². The van der Waals surface area contributed by atoms with E-state index in [2.05, 4.69) is 23.7 Å². The normalized spacial score (nSPS) is 17.3. The van der Waals surface area contributed by atoms with Crippen LogP contribution in [0.25, 0.3) is 0 Å². The number of sulfonamides is 1. The highest BCUT2D eigenvalue weighted by atomic mass is 32.2. The molecule has 1 aromatic heterocycles. The van der Waals surface area contributed by atoms with Gasteiger partial charge in [-0.3, -0.25) is 4.68 Å². The Bertz CT molecular complexity index is 840. The lowest BCUT2D eigenvalue weighted by Crippen LogP contribution is -2.31. The molecule has 1 aromatic carbocycles. The van der Waals surface area contributed by atoms with E-state index >= 15 is 0 Å². The Labute approximate surface area is 161 Å². The maximum Gasteiger partial charge on any atom is 0.243 e. The van der Waals surface area contributed by atoms with E-state index in [0.29, 0.717) is 19.1 Å². The summed E-state index contributed by atoms with van der Waals surface area (Å²) >= 11 is 0. The highest BCUT2D eigenvalue weighted by molar-refractivity contribution is 7.89. The van der Waals surface area contributed by atoms with Gasteiger partial charge in [0.05, 0.1) is 12.2 Å². The number of ether oxygens (including phenoxy) is 1. The monoisotopic (exact) mass is 392 g/mol. The number of benzene rings is 1. The van der Waals surface area contributed by atoms with Crippen molar-refractivity contribution < 1.29 is 13.2 Å². The van der Waals surface area contributed by atoms with E-state index < -0.39 is 16.1 Å². The second-order valence-corrected chi connectivity index (χ2v) is 9.05. The van der Waals surface area contributed by atoms with Gasteiger partial charge in [0, 0.05) is 32.0 Å². The predicted octanol–water partition coefficient (Wildman–Crippen LogP) is 2.34. The zero-order valence-electron chi connectivity index (χ0n) is 15.8. The molecule has 27 heavy (non-hydrogen) atoms. The van der Waals surface area contributed by atoms with Crippen LogP contribution in [0.4, 0.5) is 0 Å². The van der Waals surface area contributed by atoms with E-state index in [4.69, 9.17) is 10.5 Å². The molecule has 0 aliphatic carbocycles. The summed E-state index contributed by atoms with van der Waals surface area (Å²) in [7, 11) is -3.65. The van der Waals surface area contributed by atoms with Crippen LogP contribution in [0.2, 0.25) is 0 Å². The Balaban J connectivity index is 1.61. The Morgan fingerprint density at radius 3 is 2.48 bits per heavy atom. The second-order valence-electron chi connectivity index (χ2n) is 7.28. The van der Waals surface area contributed by atoms with Crippen molar-refractivity contribution in [3.05, 3.63) is 47.8 Å². The molecule has 1 saturated heterocycles. The van der Waals surface area contributed by atoms with Crippen LogP contribution in [-0.4, -0.2) is 38.0 Å². The zero-order chi connectivity index (χ0) is 19.4. The van der Waals surface area contributed by atoms with Gasteiger partial charge in [-0.1, -0.05) is 38.1 Å². The summed E-state index contributed by atoms with van der Waals surface area (Å²) in [5, 5.41) is 4.23. The maximum absolute atomic E-state index is 12.6. The molecule has 1 fully saturated rings. The molecule has 3 rings (SSSR count). The first-order valence-corrected chi connectivity index (χ1v) is 10.8. The van der Waals surface area contributed by atoms with Crippen molar-refractivity contribution in [2.75, 3.05) is 19.8 Å². The van der Waals surface area contributed by atoms with Crippen LogP contribution in [0.3, 0.4) is 0 Å². The van der Waals surface area contributed by atoms with Gasteiger partial charge in [0.1, 0.15) is 4.90 Å². The van der Waals surface area contributed by atoms with E-state index in [1.54, 1.807) is 10.9 Å². The van der Waals surface area contributed by atoms with Gasteiger partial charge >= 0.3 is 0 Å². The van der Waals surface area contributed by atoms with Gasteiger partial charge in [-0.05, 0) is 29.9 Å². The lowest BCUT2D eigenvalue weighted by atomic mass is 9.99. The van der Waals surface area contributed by atoms with E-state index in [1.165, 1.54) is 11.8 Å². The highest BCUT2D eigenvalue weighted by Crippen LogP contribution is 2.22.